The summed E-state index contributed by atoms with van der Waals surface area (Å²) in [7, 11) is 0. The maximum Gasteiger partial charge on any atom is 0.315 e. The summed E-state index contributed by atoms with van der Waals surface area (Å²) in [5.74, 6) is -0.853. The monoisotopic (exact) mass is 297 g/mol. The summed E-state index contributed by atoms with van der Waals surface area (Å²) in [6.07, 6.45) is 3.79. The molecule has 1 aromatic heterocycles. The van der Waals surface area contributed by atoms with Gasteiger partial charge in [-0.15, -0.1) is 11.3 Å². The molecule has 1 aliphatic rings. The number of carboxylic acid groups (broad SMARTS) is 1. The molecule has 3 N–H and O–H groups in total. The van der Waals surface area contributed by atoms with Gasteiger partial charge in [0, 0.05) is 17.6 Å². The molecule has 0 aromatic carbocycles. The molecule has 2 amide bonds. The van der Waals surface area contributed by atoms with Crippen LogP contribution in [0.4, 0.5) is 4.79 Å². The molecular formula is C13H19N3O3S. The third kappa shape index (κ3) is 2.92. The van der Waals surface area contributed by atoms with Gasteiger partial charge in [0.25, 0.3) is 0 Å². The molecule has 20 heavy (non-hydrogen) atoms. The Morgan fingerprint density at radius 2 is 2.35 bits per heavy atom. The van der Waals surface area contributed by atoms with Crippen LogP contribution in [0.5, 0.6) is 0 Å². The van der Waals surface area contributed by atoms with Crippen molar-refractivity contribution in [3.05, 3.63) is 16.6 Å². The number of thiazole rings is 1. The molecule has 1 aliphatic carbocycles. The maximum atomic E-state index is 12.0. The third-order valence-corrected chi connectivity index (χ3v) is 4.88. The van der Waals surface area contributed by atoms with E-state index < -0.39 is 11.4 Å². The average Bonchev–Trinajstić information content (AvgIpc) is 3.00. The molecule has 3 unspecified atom stereocenters. The minimum absolute atomic E-state index is 0.188. The first kappa shape index (κ1) is 14.8. The second-order valence-electron chi connectivity index (χ2n) is 5.38. The van der Waals surface area contributed by atoms with Crippen molar-refractivity contribution in [2.75, 3.05) is 0 Å². The van der Waals surface area contributed by atoms with Gasteiger partial charge in [-0.2, -0.15) is 0 Å². The average molecular weight is 297 g/mol. The smallest absolute Gasteiger partial charge is 0.315 e. The van der Waals surface area contributed by atoms with Gasteiger partial charge in [0.05, 0.1) is 11.5 Å². The minimum Gasteiger partial charge on any atom is -0.481 e. The highest BCUT2D eigenvalue weighted by Gasteiger charge is 2.45. The van der Waals surface area contributed by atoms with Crippen molar-refractivity contribution in [1.29, 1.82) is 0 Å². The van der Waals surface area contributed by atoms with E-state index in [1.54, 1.807) is 13.1 Å². The van der Waals surface area contributed by atoms with E-state index in [2.05, 4.69) is 15.6 Å². The summed E-state index contributed by atoms with van der Waals surface area (Å²) in [6.45, 7) is 3.54. The predicted octanol–water partition coefficient (Wildman–Crippen LogP) is 2.15. The zero-order valence-electron chi connectivity index (χ0n) is 11.5. The van der Waals surface area contributed by atoms with Crippen LogP contribution in [0.15, 0.2) is 11.6 Å². The lowest BCUT2D eigenvalue weighted by Crippen LogP contribution is -2.50. The summed E-state index contributed by atoms with van der Waals surface area (Å²) in [5.41, 5.74) is -0.873. The van der Waals surface area contributed by atoms with Crippen molar-refractivity contribution in [2.45, 2.75) is 45.2 Å². The molecular weight excluding hydrogens is 278 g/mol. The Balaban J connectivity index is 1.93. The number of carbonyl (C=O) groups excluding carboxylic acids is 1. The number of carbonyl (C=O) groups is 2. The van der Waals surface area contributed by atoms with Crippen LogP contribution >= 0.6 is 11.3 Å². The first-order chi connectivity index (χ1) is 9.43. The van der Waals surface area contributed by atoms with E-state index in [9.17, 15) is 14.7 Å². The van der Waals surface area contributed by atoms with Crippen LogP contribution < -0.4 is 10.6 Å². The summed E-state index contributed by atoms with van der Waals surface area (Å²) < 4.78 is 0. The Bertz CT molecular complexity index is 491. The first-order valence-electron chi connectivity index (χ1n) is 6.63. The molecule has 1 heterocycles. The molecule has 0 aliphatic heterocycles. The molecule has 2 rings (SSSR count). The number of amides is 2. The van der Waals surface area contributed by atoms with E-state index in [0.717, 1.165) is 11.4 Å². The van der Waals surface area contributed by atoms with Gasteiger partial charge in [0.1, 0.15) is 5.01 Å². The Hall–Kier alpha value is -1.63. The number of rotatable bonds is 4. The Morgan fingerprint density at radius 3 is 2.95 bits per heavy atom. The van der Waals surface area contributed by atoms with Gasteiger partial charge in [0.15, 0.2) is 0 Å². The van der Waals surface area contributed by atoms with E-state index in [4.69, 9.17) is 0 Å². The molecule has 0 bridgehead atoms. The first-order valence-corrected chi connectivity index (χ1v) is 7.51. The molecule has 0 radical (unpaired) electrons. The molecule has 1 fully saturated rings. The quantitative estimate of drug-likeness (QED) is 0.794. The Morgan fingerprint density at radius 1 is 1.60 bits per heavy atom. The van der Waals surface area contributed by atoms with Crippen molar-refractivity contribution >= 4 is 23.3 Å². The van der Waals surface area contributed by atoms with Gasteiger partial charge < -0.3 is 15.7 Å². The number of hydrogen-bond acceptors (Lipinski definition) is 4. The molecule has 1 saturated carbocycles. The van der Waals surface area contributed by atoms with Crippen LogP contribution in [-0.4, -0.2) is 28.1 Å². The van der Waals surface area contributed by atoms with Crippen LogP contribution in [0.1, 0.15) is 44.2 Å². The zero-order chi connectivity index (χ0) is 14.8. The fraction of sp³-hybridized carbons (Fsp3) is 0.615. The number of urea groups is 1. The number of nitrogens with zero attached hydrogens (tertiary/aromatic N) is 1. The number of nitrogens with one attached hydrogen (secondary N) is 2. The van der Waals surface area contributed by atoms with Crippen LogP contribution in [0.2, 0.25) is 0 Å². The lowest BCUT2D eigenvalue weighted by atomic mass is 9.85. The second kappa shape index (κ2) is 5.78. The number of carboxylic acids is 1. The van der Waals surface area contributed by atoms with Crippen LogP contribution in [0.25, 0.3) is 0 Å². The molecule has 1 aromatic rings. The van der Waals surface area contributed by atoms with Gasteiger partial charge in [-0.25, -0.2) is 9.78 Å². The molecule has 0 spiro atoms. The highest BCUT2D eigenvalue weighted by molar-refractivity contribution is 7.09. The third-order valence-electron chi connectivity index (χ3n) is 3.92. The number of aromatic nitrogens is 1. The fourth-order valence-corrected chi connectivity index (χ4v) is 3.21. The van der Waals surface area contributed by atoms with Gasteiger partial charge in [0.2, 0.25) is 0 Å². The fourth-order valence-electron chi connectivity index (χ4n) is 2.56. The highest BCUT2D eigenvalue weighted by atomic mass is 32.1. The van der Waals surface area contributed by atoms with E-state index in [-0.39, 0.29) is 18.1 Å². The van der Waals surface area contributed by atoms with E-state index >= 15 is 0 Å². The van der Waals surface area contributed by atoms with Gasteiger partial charge in [-0.05, 0) is 26.7 Å². The Kier molecular flexibility index (Phi) is 4.27. The minimum atomic E-state index is -0.873. The summed E-state index contributed by atoms with van der Waals surface area (Å²) in [6, 6.07) is -0.858. The van der Waals surface area contributed by atoms with Crippen LogP contribution in [0, 0.1) is 5.41 Å². The maximum absolute atomic E-state index is 12.0. The van der Waals surface area contributed by atoms with E-state index in [1.165, 1.54) is 11.3 Å². The van der Waals surface area contributed by atoms with Crippen LogP contribution in [0.3, 0.4) is 0 Å². The lowest BCUT2D eigenvalue weighted by molar-refractivity contribution is -0.148. The van der Waals surface area contributed by atoms with Crippen molar-refractivity contribution in [1.82, 2.24) is 15.6 Å². The lowest BCUT2D eigenvalue weighted by Gasteiger charge is -2.28. The van der Waals surface area contributed by atoms with Crippen molar-refractivity contribution < 1.29 is 14.7 Å². The molecule has 3 atom stereocenters. The Labute approximate surface area is 121 Å². The predicted molar refractivity (Wildman–Crippen MR) is 75.6 cm³/mol. The summed E-state index contributed by atoms with van der Waals surface area (Å²) in [4.78, 5) is 27.5. The molecule has 0 saturated heterocycles. The van der Waals surface area contributed by atoms with E-state index in [0.29, 0.717) is 12.8 Å². The second-order valence-corrected chi connectivity index (χ2v) is 6.30. The summed E-state index contributed by atoms with van der Waals surface area (Å²) >= 11 is 1.47. The van der Waals surface area contributed by atoms with Gasteiger partial charge in [-0.1, -0.05) is 6.42 Å². The van der Waals surface area contributed by atoms with Crippen molar-refractivity contribution in [2.24, 2.45) is 5.41 Å². The highest BCUT2D eigenvalue weighted by Crippen LogP contribution is 2.38. The zero-order valence-corrected chi connectivity index (χ0v) is 12.4. The summed E-state index contributed by atoms with van der Waals surface area (Å²) in [5, 5.41) is 17.6. The molecule has 7 heteroatoms. The molecule has 110 valence electrons. The van der Waals surface area contributed by atoms with Crippen LogP contribution in [-0.2, 0) is 4.79 Å². The largest absolute Gasteiger partial charge is 0.481 e. The number of aliphatic carboxylic acids is 1. The van der Waals surface area contributed by atoms with Gasteiger partial charge >= 0.3 is 12.0 Å². The van der Waals surface area contributed by atoms with E-state index in [1.807, 2.05) is 12.3 Å². The topological polar surface area (TPSA) is 91.3 Å². The standard InChI is InChI=1S/C13H19N3O3S/c1-8(10-14-6-7-20-10)15-12(19)16-9-4-3-5-13(9,2)11(17)18/h6-9H,3-5H2,1-2H3,(H,17,18)(H2,15,16,19). The van der Waals surface area contributed by atoms with Crippen molar-refractivity contribution in [3.63, 3.8) is 0 Å². The molecule has 6 nitrogen and oxygen atoms in total. The van der Waals surface area contributed by atoms with Crippen molar-refractivity contribution in [3.8, 4) is 0 Å². The normalized spacial score (nSPS) is 27.0. The van der Waals surface area contributed by atoms with Gasteiger partial charge in [-0.3, -0.25) is 4.79 Å². The number of hydrogen-bond donors (Lipinski definition) is 3. The SMILES string of the molecule is CC(NC(=O)NC1CCCC1(C)C(=O)O)c1nccs1.